The van der Waals surface area contributed by atoms with Crippen molar-refractivity contribution in [2.75, 3.05) is 5.75 Å². The molecular weight excluding hydrogens is 320 g/mol. The highest BCUT2D eigenvalue weighted by atomic mass is 32.2. The lowest BCUT2D eigenvalue weighted by Crippen LogP contribution is -2.40. The summed E-state index contributed by atoms with van der Waals surface area (Å²) in [6, 6.07) is 4.52. The van der Waals surface area contributed by atoms with Gasteiger partial charge in [-0.2, -0.15) is 0 Å². The van der Waals surface area contributed by atoms with Crippen LogP contribution in [0.15, 0.2) is 29.2 Å². The van der Waals surface area contributed by atoms with Gasteiger partial charge >= 0.3 is 6.09 Å². The maximum atomic E-state index is 11.8. The number of primary amides is 1. The van der Waals surface area contributed by atoms with Crippen molar-refractivity contribution in [2.24, 2.45) is 5.73 Å². The average Bonchev–Trinajstić information content (AvgIpc) is 2.43. The summed E-state index contributed by atoms with van der Waals surface area (Å²) in [7, 11) is -3.34. The molecule has 0 aromatic heterocycles. The van der Waals surface area contributed by atoms with Gasteiger partial charge in [0.15, 0.2) is 9.84 Å². The molecule has 0 aliphatic rings. The van der Waals surface area contributed by atoms with Crippen LogP contribution in [0.2, 0.25) is 0 Å². The van der Waals surface area contributed by atoms with Gasteiger partial charge in [0, 0.05) is 0 Å². The summed E-state index contributed by atoms with van der Waals surface area (Å²) in [4.78, 5) is 23.5. The first-order chi connectivity index (χ1) is 10.5. The van der Waals surface area contributed by atoms with Gasteiger partial charge < -0.3 is 15.8 Å². The molecule has 128 valence electrons. The molecule has 0 aliphatic heterocycles. The van der Waals surface area contributed by atoms with E-state index in [-0.39, 0.29) is 10.6 Å². The third-order valence-electron chi connectivity index (χ3n) is 2.90. The van der Waals surface area contributed by atoms with Gasteiger partial charge in [0.05, 0.1) is 10.6 Å². The van der Waals surface area contributed by atoms with Crippen LogP contribution in [0.25, 0.3) is 0 Å². The van der Waals surface area contributed by atoms with Crippen LogP contribution < -0.4 is 11.1 Å². The van der Waals surface area contributed by atoms with Gasteiger partial charge in [-0.05, 0) is 38.5 Å². The number of benzene rings is 1. The van der Waals surface area contributed by atoms with E-state index < -0.39 is 33.5 Å². The first-order valence-electron chi connectivity index (χ1n) is 7.08. The molecule has 8 heteroatoms. The Bertz CT molecular complexity index is 675. The lowest BCUT2D eigenvalue weighted by Gasteiger charge is -2.22. The summed E-state index contributed by atoms with van der Waals surface area (Å²) in [5.41, 5.74) is 4.96. The number of carbonyl (C=O) groups excluding carboxylic acids is 2. The SMILES string of the molecule is CCS(=O)(=O)c1ccc(C(NC(=O)OC(C)(C)C)C(N)=O)cc1. The molecule has 2 amide bonds. The van der Waals surface area contributed by atoms with Gasteiger partial charge in [-0.3, -0.25) is 4.79 Å². The Labute approximate surface area is 136 Å². The van der Waals surface area contributed by atoms with Crippen molar-refractivity contribution in [3.8, 4) is 0 Å². The summed E-state index contributed by atoms with van der Waals surface area (Å²) in [5, 5.41) is 2.38. The quantitative estimate of drug-likeness (QED) is 0.842. The summed E-state index contributed by atoms with van der Waals surface area (Å²) in [6.45, 7) is 6.61. The molecule has 0 saturated carbocycles. The first-order valence-corrected chi connectivity index (χ1v) is 8.73. The average molecular weight is 342 g/mol. The van der Waals surface area contributed by atoms with E-state index in [1.165, 1.54) is 24.3 Å². The van der Waals surface area contributed by atoms with Gasteiger partial charge in [0.25, 0.3) is 0 Å². The summed E-state index contributed by atoms with van der Waals surface area (Å²) in [6.07, 6.45) is -0.786. The standard InChI is InChI=1S/C15H22N2O5S/c1-5-23(20,21)11-8-6-10(7-9-11)12(13(16)18)17-14(19)22-15(2,3)4/h6-9,12H,5H2,1-4H3,(H2,16,18)(H,17,19). The van der Waals surface area contributed by atoms with Crippen LogP contribution in [-0.2, 0) is 19.4 Å². The van der Waals surface area contributed by atoms with E-state index in [0.29, 0.717) is 5.56 Å². The number of rotatable bonds is 5. The van der Waals surface area contributed by atoms with Gasteiger partial charge in [-0.1, -0.05) is 19.1 Å². The van der Waals surface area contributed by atoms with E-state index in [1.807, 2.05) is 0 Å². The molecule has 1 unspecified atom stereocenters. The van der Waals surface area contributed by atoms with Crippen LogP contribution in [0.1, 0.15) is 39.3 Å². The molecule has 0 aliphatic carbocycles. The number of hydrogen-bond donors (Lipinski definition) is 2. The molecule has 1 aromatic rings. The van der Waals surface area contributed by atoms with E-state index in [9.17, 15) is 18.0 Å². The number of hydrogen-bond acceptors (Lipinski definition) is 5. The van der Waals surface area contributed by atoms with Crippen LogP contribution in [0, 0.1) is 0 Å². The van der Waals surface area contributed by atoms with Crippen molar-refractivity contribution in [3.05, 3.63) is 29.8 Å². The zero-order chi connectivity index (χ0) is 17.8. The van der Waals surface area contributed by atoms with Gasteiger partial charge in [-0.15, -0.1) is 0 Å². The van der Waals surface area contributed by atoms with Crippen molar-refractivity contribution in [1.82, 2.24) is 5.32 Å². The maximum absolute atomic E-state index is 11.8. The molecule has 0 bridgehead atoms. The van der Waals surface area contributed by atoms with Crippen LogP contribution in [0.3, 0.4) is 0 Å². The third kappa shape index (κ3) is 5.55. The molecule has 1 aromatic carbocycles. The zero-order valence-corrected chi connectivity index (χ0v) is 14.4. The van der Waals surface area contributed by atoms with Crippen LogP contribution in [0.4, 0.5) is 4.79 Å². The largest absolute Gasteiger partial charge is 0.444 e. The van der Waals surface area contributed by atoms with Crippen molar-refractivity contribution in [2.45, 2.75) is 44.2 Å². The number of ether oxygens (including phenoxy) is 1. The molecule has 0 heterocycles. The number of alkyl carbamates (subject to hydrolysis) is 1. The molecular formula is C15H22N2O5S. The number of nitrogens with two attached hydrogens (primary N) is 1. The lowest BCUT2D eigenvalue weighted by atomic mass is 10.1. The molecule has 0 saturated heterocycles. The third-order valence-corrected chi connectivity index (χ3v) is 4.65. The lowest BCUT2D eigenvalue weighted by molar-refractivity contribution is -0.120. The monoisotopic (exact) mass is 342 g/mol. The number of nitrogens with one attached hydrogen (secondary N) is 1. The molecule has 0 fully saturated rings. The Morgan fingerprint density at radius 2 is 1.74 bits per heavy atom. The fraction of sp³-hybridized carbons (Fsp3) is 0.467. The summed E-state index contributed by atoms with van der Waals surface area (Å²) >= 11 is 0. The Morgan fingerprint density at radius 1 is 1.22 bits per heavy atom. The molecule has 0 spiro atoms. The second-order valence-corrected chi connectivity index (χ2v) is 8.23. The second-order valence-electron chi connectivity index (χ2n) is 5.95. The van der Waals surface area contributed by atoms with E-state index >= 15 is 0 Å². The summed E-state index contributed by atoms with van der Waals surface area (Å²) in [5.74, 6) is -0.802. The number of carbonyl (C=O) groups is 2. The highest BCUT2D eigenvalue weighted by Crippen LogP contribution is 2.18. The van der Waals surface area contributed by atoms with E-state index in [2.05, 4.69) is 5.32 Å². The fourth-order valence-electron chi connectivity index (χ4n) is 1.78. The van der Waals surface area contributed by atoms with Gasteiger partial charge in [-0.25, -0.2) is 13.2 Å². The zero-order valence-electron chi connectivity index (χ0n) is 13.6. The van der Waals surface area contributed by atoms with Crippen LogP contribution in [0.5, 0.6) is 0 Å². The van der Waals surface area contributed by atoms with Crippen molar-refractivity contribution in [1.29, 1.82) is 0 Å². The topological polar surface area (TPSA) is 116 Å². The molecule has 23 heavy (non-hydrogen) atoms. The Balaban J connectivity index is 2.99. The smallest absolute Gasteiger partial charge is 0.408 e. The summed E-state index contributed by atoms with van der Waals surface area (Å²) < 4.78 is 28.6. The number of sulfone groups is 1. The van der Waals surface area contributed by atoms with Crippen molar-refractivity contribution in [3.63, 3.8) is 0 Å². The second kappa shape index (κ2) is 6.99. The molecule has 7 nitrogen and oxygen atoms in total. The normalized spacial score (nSPS) is 13.2. The highest BCUT2D eigenvalue weighted by Gasteiger charge is 2.24. The van der Waals surface area contributed by atoms with Gasteiger partial charge in [0.1, 0.15) is 11.6 Å². The first kappa shape index (κ1) is 19.0. The Hall–Kier alpha value is -2.09. The maximum Gasteiger partial charge on any atom is 0.408 e. The minimum Gasteiger partial charge on any atom is -0.444 e. The Morgan fingerprint density at radius 3 is 2.13 bits per heavy atom. The molecule has 1 rings (SSSR count). The highest BCUT2D eigenvalue weighted by molar-refractivity contribution is 7.91. The van der Waals surface area contributed by atoms with Crippen LogP contribution >= 0.6 is 0 Å². The minimum absolute atomic E-state index is 0.0260. The molecule has 0 radical (unpaired) electrons. The van der Waals surface area contributed by atoms with Crippen molar-refractivity contribution < 1.29 is 22.7 Å². The van der Waals surface area contributed by atoms with E-state index in [4.69, 9.17) is 10.5 Å². The van der Waals surface area contributed by atoms with Crippen molar-refractivity contribution >= 4 is 21.8 Å². The minimum atomic E-state index is -3.34. The van der Waals surface area contributed by atoms with Crippen LogP contribution in [-0.4, -0.2) is 31.8 Å². The fourth-order valence-corrected chi connectivity index (χ4v) is 2.66. The Kier molecular flexibility index (Phi) is 5.76. The molecule has 1 atom stereocenters. The van der Waals surface area contributed by atoms with E-state index in [1.54, 1.807) is 27.7 Å². The predicted octanol–water partition coefficient (Wildman–Crippen LogP) is 1.53. The number of amides is 2. The van der Waals surface area contributed by atoms with E-state index in [0.717, 1.165) is 0 Å². The van der Waals surface area contributed by atoms with Gasteiger partial charge in [0.2, 0.25) is 5.91 Å². The molecule has 3 N–H and O–H groups in total. The predicted molar refractivity (Wildman–Crippen MR) is 85.5 cm³/mol.